The minimum atomic E-state index is -0.436. The van der Waals surface area contributed by atoms with Gasteiger partial charge in [-0.25, -0.2) is 9.37 Å². The molecule has 0 saturated carbocycles. The molecule has 1 heterocycles. The number of halogens is 1. The SMILES string of the molecule is CC(C)(CO)c1ccc(-n2ccnc2)c(F)c1. The lowest BCUT2D eigenvalue weighted by atomic mass is 9.85. The molecule has 0 amide bonds. The van der Waals surface area contributed by atoms with Gasteiger partial charge >= 0.3 is 0 Å². The smallest absolute Gasteiger partial charge is 0.147 e. The highest BCUT2D eigenvalue weighted by Gasteiger charge is 2.20. The highest BCUT2D eigenvalue weighted by atomic mass is 19.1. The van der Waals surface area contributed by atoms with E-state index in [2.05, 4.69) is 4.98 Å². The number of imidazole rings is 1. The molecule has 4 heteroatoms. The van der Waals surface area contributed by atoms with Gasteiger partial charge in [0, 0.05) is 17.8 Å². The summed E-state index contributed by atoms with van der Waals surface area (Å²) in [6.45, 7) is 3.73. The van der Waals surface area contributed by atoms with Crippen molar-refractivity contribution in [2.75, 3.05) is 6.61 Å². The molecule has 0 aliphatic rings. The van der Waals surface area contributed by atoms with Gasteiger partial charge in [-0.2, -0.15) is 0 Å². The van der Waals surface area contributed by atoms with Gasteiger partial charge in [-0.15, -0.1) is 0 Å². The number of hydrogen-bond acceptors (Lipinski definition) is 2. The fraction of sp³-hybridized carbons (Fsp3) is 0.308. The summed E-state index contributed by atoms with van der Waals surface area (Å²) in [4.78, 5) is 3.88. The third-order valence-electron chi connectivity index (χ3n) is 2.91. The van der Waals surface area contributed by atoms with Crippen LogP contribution in [0.3, 0.4) is 0 Å². The first-order chi connectivity index (χ1) is 8.04. The Morgan fingerprint density at radius 1 is 1.41 bits per heavy atom. The van der Waals surface area contributed by atoms with Crippen LogP contribution < -0.4 is 0 Å². The van der Waals surface area contributed by atoms with Crippen molar-refractivity contribution in [3.63, 3.8) is 0 Å². The van der Waals surface area contributed by atoms with Crippen LogP contribution in [0.5, 0.6) is 0 Å². The molecule has 0 radical (unpaired) electrons. The zero-order chi connectivity index (χ0) is 12.5. The molecule has 0 fully saturated rings. The third-order valence-corrected chi connectivity index (χ3v) is 2.91. The molecule has 0 aliphatic heterocycles. The summed E-state index contributed by atoms with van der Waals surface area (Å²) in [5, 5.41) is 9.25. The lowest BCUT2D eigenvalue weighted by Crippen LogP contribution is -2.22. The van der Waals surface area contributed by atoms with E-state index in [0.29, 0.717) is 5.69 Å². The van der Waals surface area contributed by atoms with Crippen molar-refractivity contribution in [2.24, 2.45) is 0 Å². The Hall–Kier alpha value is -1.68. The van der Waals surface area contributed by atoms with Crippen LogP contribution >= 0.6 is 0 Å². The largest absolute Gasteiger partial charge is 0.395 e. The van der Waals surface area contributed by atoms with Crippen molar-refractivity contribution in [1.82, 2.24) is 9.55 Å². The average molecular weight is 234 g/mol. The Balaban J connectivity index is 2.43. The van der Waals surface area contributed by atoms with Gasteiger partial charge in [0.1, 0.15) is 5.82 Å². The summed E-state index contributed by atoms with van der Waals surface area (Å²) in [7, 11) is 0. The monoisotopic (exact) mass is 234 g/mol. The number of benzene rings is 1. The van der Waals surface area contributed by atoms with Gasteiger partial charge in [-0.05, 0) is 17.7 Å². The number of hydrogen-bond donors (Lipinski definition) is 1. The summed E-state index contributed by atoms with van der Waals surface area (Å²) in [6, 6.07) is 4.99. The molecule has 1 aromatic carbocycles. The van der Waals surface area contributed by atoms with Gasteiger partial charge in [0.25, 0.3) is 0 Å². The van der Waals surface area contributed by atoms with E-state index in [0.717, 1.165) is 5.56 Å². The van der Waals surface area contributed by atoms with Crippen molar-refractivity contribution in [2.45, 2.75) is 19.3 Å². The highest BCUT2D eigenvalue weighted by Crippen LogP contribution is 2.25. The zero-order valence-electron chi connectivity index (χ0n) is 9.89. The van der Waals surface area contributed by atoms with Gasteiger partial charge < -0.3 is 9.67 Å². The molecule has 17 heavy (non-hydrogen) atoms. The summed E-state index contributed by atoms with van der Waals surface area (Å²) < 4.78 is 15.6. The molecule has 0 spiro atoms. The second kappa shape index (κ2) is 4.30. The highest BCUT2D eigenvalue weighted by molar-refractivity contribution is 5.38. The summed E-state index contributed by atoms with van der Waals surface area (Å²) >= 11 is 0. The second-order valence-electron chi connectivity index (χ2n) is 4.68. The third kappa shape index (κ3) is 2.22. The Kier molecular flexibility index (Phi) is 2.98. The van der Waals surface area contributed by atoms with E-state index in [1.807, 2.05) is 19.9 Å². The van der Waals surface area contributed by atoms with E-state index >= 15 is 0 Å². The first-order valence-electron chi connectivity index (χ1n) is 5.44. The van der Waals surface area contributed by atoms with E-state index in [4.69, 9.17) is 0 Å². The van der Waals surface area contributed by atoms with Crippen LogP contribution in [0.15, 0.2) is 36.9 Å². The number of aliphatic hydroxyl groups is 1. The molecular formula is C13H15FN2O. The predicted octanol–water partition coefficient (Wildman–Crippen LogP) is 2.28. The standard InChI is InChI=1S/C13H15FN2O/c1-13(2,8-17)10-3-4-12(11(14)7-10)16-6-5-15-9-16/h3-7,9,17H,8H2,1-2H3. The van der Waals surface area contributed by atoms with Crippen LogP contribution in [0.2, 0.25) is 0 Å². The minimum Gasteiger partial charge on any atom is -0.395 e. The molecule has 0 bridgehead atoms. The molecule has 0 saturated heterocycles. The molecule has 90 valence electrons. The van der Waals surface area contributed by atoms with Crippen LogP contribution in [0.1, 0.15) is 19.4 Å². The molecule has 2 rings (SSSR count). The van der Waals surface area contributed by atoms with Crippen LogP contribution in [-0.2, 0) is 5.41 Å². The summed E-state index contributed by atoms with van der Waals surface area (Å²) in [5.74, 6) is -0.318. The second-order valence-corrected chi connectivity index (χ2v) is 4.68. The topological polar surface area (TPSA) is 38.0 Å². The van der Waals surface area contributed by atoms with E-state index in [1.165, 1.54) is 6.07 Å². The zero-order valence-corrected chi connectivity index (χ0v) is 9.89. The first-order valence-corrected chi connectivity index (χ1v) is 5.44. The van der Waals surface area contributed by atoms with Gasteiger partial charge in [0.05, 0.1) is 18.6 Å². The Labute approximate surface area is 99.5 Å². The number of rotatable bonds is 3. The van der Waals surface area contributed by atoms with Crippen LogP contribution in [0.25, 0.3) is 5.69 Å². The summed E-state index contributed by atoms with van der Waals surface area (Å²) in [5.41, 5.74) is 0.801. The van der Waals surface area contributed by atoms with Crippen LogP contribution in [0.4, 0.5) is 4.39 Å². The van der Waals surface area contributed by atoms with Crippen molar-refractivity contribution in [1.29, 1.82) is 0 Å². The van der Waals surface area contributed by atoms with Crippen LogP contribution in [-0.4, -0.2) is 21.3 Å². The fourth-order valence-electron chi connectivity index (χ4n) is 1.63. The van der Waals surface area contributed by atoms with E-state index < -0.39 is 5.41 Å². The lowest BCUT2D eigenvalue weighted by molar-refractivity contribution is 0.218. The summed E-state index contributed by atoms with van der Waals surface area (Å²) in [6.07, 6.45) is 4.84. The molecule has 0 atom stereocenters. The Morgan fingerprint density at radius 3 is 2.71 bits per heavy atom. The number of aliphatic hydroxyl groups excluding tert-OH is 1. The maximum absolute atomic E-state index is 13.9. The van der Waals surface area contributed by atoms with Gasteiger partial charge in [-0.1, -0.05) is 19.9 Å². The van der Waals surface area contributed by atoms with Crippen molar-refractivity contribution >= 4 is 0 Å². The van der Waals surface area contributed by atoms with Crippen molar-refractivity contribution < 1.29 is 9.50 Å². The minimum absolute atomic E-state index is 0.0170. The molecular weight excluding hydrogens is 219 g/mol. The van der Waals surface area contributed by atoms with E-state index in [9.17, 15) is 9.50 Å². The molecule has 0 unspecified atom stereocenters. The van der Waals surface area contributed by atoms with Crippen molar-refractivity contribution in [3.8, 4) is 5.69 Å². The molecule has 2 aromatic rings. The number of aromatic nitrogens is 2. The Morgan fingerprint density at radius 2 is 2.18 bits per heavy atom. The number of nitrogens with zero attached hydrogens (tertiary/aromatic N) is 2. The maximum atomic E-state index is 13.9. The normalized spacial score (nSPS) is 11.8. The van der Waals surface area contributed by atoms with Gasteiger partial charge in [0.2, 0.25) is 0 Å². The van der Waals surface area contributed by atoms with Crippen LogP contribution in [0, 0.1) is 5.82 Å². The molecule has 1 aromatic heterocycles. The Bertz CT molecular complexity index is 506. The fourth-order valence-corrected chi connectivity index (χ4v) is 1.63. The van der Waals surface area contributed by atoms with Gasteiger partial charge in [0.15, 0.2) is 0 Å². The molecule has 0 aliphatic carbocycles. The molecule has 1 N–H and O–H groups in total. The lowest BCUT2D eigenvalue weighted by Gasteiger charge is -2.22. The van der Waals surface area contributed by atoms with Gasteiger partial charge in [-0.3, -0.25) is 0 Å². The van der Waals surface area contributed by atoms with E-state index in [1.54, 1.807) is 29.4 Å². The van der Waals surface area contributed by atoms with E-state index in [-0.39, 0.29) is 12.4 Å². The maximum Gasteiger partial charge on any atom is 0.147 e. The average Bonchev–Trinajstić information content (AvgIpc) is 2.82. The molecule has 3 nitrogen and oxygen atoms in total. The van der Waals surface area contributed by atoms with Crippen molar-refractivity contribution in [3.05, 3.63) is 48.3 Å². The first kappa shape index (κ1) is 11.8. The predicted molar refractivity (Wildman–Crippen MR) is 63.6 cm³/mol. The quantitative estimate of drug-likeness (QED) is 0.884.